The topological polar surface area (TPSA) is 53.5 Å². The Morgan fingerprint density at radius 3 is 2.81 bits per heavy atom. The van der Waals surface area contributed by atoms with E-state index in [1.54, 1.807) is 0 Å². The number of halogens is 1. The fourth-order valence-electron chi connectivity index (χ4n) is 4.38. The Kier molecular flexibility index (Phi) is 6.90. The Hall–Kier alpha value is -1.17. The van der Waals surface area contributed by atoms with E-state index in [9.17, 15) is 5.11 Å². The van der Waals surface area contributed by atoms with Gasteiger partial charge in [0, 0.05) is 25.2 Å². The van der Waals surface area contributed by atoms with E-state index in [-0.39, 0.29) is 12.4 Å². The van der Waals surface area contributed by atoms with Crippen LogP contribution in [0.3, 0.4) is 0 Å². The molecule has 4 rings (SSSR count). The van der Waals surface area contributed by atoms with E-state index < -0.39 is 6.10 Å². The van der Waals surface area contributed by atoms with Crippen molar-refractivity contribution in [1.29, 1.82) is 0 Å². The molecule has 142 valence electrons. The van der Waals surface area contributed by atoms with Crippen LogP contribution < -0.4 is 10.6 Å². The molecule has 4 nitrogen and oxygen atoms in total. The second kappa shape index (κ2) is 9.16. The SMILES string of the molecule is Cl.OC(CNC1CCCC1C1COCCN1)c1ccc2ccccc2c1. The molecule has 2 aromatic rings. The van der Waals surface area contributed by atoms with Crippen molar-refractivity contribution in [3.8, 4) is 0 Å². The third-order valence-electron chi connectivity index (χ3n) is 5.77. The highest BCUT2D eigenvalue weighted by Crippen LogP contribution is 2.30. The highest BCUT2D eigenvalue weighted by Gasteiger charge is 2.34. The van der Waals surface area contributed by atoms with Gasteiger partial charge >= 0.3 is 0 Å². The first-order valence-corrected chi connectivity index (χ1v) is 9.52. The van der Waals surface area contributed by atoms with Gasteiger partial charge in [-0.2, -0.15) is 0 Å². The van der Waals surface area contributed by atoms with Crippen LogP contribution in [0.2, 0.25) is 0 Å². The Labute approximate surface area is 161 Å². The molecule has 0 radical (unpaired) electrons. The monoisotopic (exact) mass is 376 g/mol. The molecule has 3 N–H and O–H groups in total. The van der Waals surface area contributed by atoms with E-state index >= 15 is 0 Å². The maximum absolute atomic E-state index is 10.6. The molecule has 5 heteroatoms. The first-order valence-electron chi connectivity index (χ1n) is 9.52. The molecule has 0 spiro atoms. The summed E-state index contributed by atoms with van der Waals surface area (Å²) in [7, 11) is 0. The normalized spacial score (nSPS) is 27.2. The highest BCUT2D eigenvalue weighted by molar-refractivity contribution is 5.85. The molecule has 2 aromatic carbocycles. The lowest BCUT2D eigenvalue weighted by Crippen LogP contribution is -2.51. The minimum Gasteiger partial charge on any atom is -0.387 e. The number of nitrogens with one attached hydrogen (secondary N) is 2. The second-order valence-corrected chi connectivity index (χ2v) is 7.37. The van der Waals surface area contributed by atoms with Gasteiger partial charge < -0.3 is 20.5 Å². The van der Waals surface area contributed by atoms with Gasteiger partial charge in [-0.15, -0.1) is 12.4 Å². The Morgan fingerprint density at radius 2 is 2.00 bits per heavy atom. The Balaban J connectivity index is 0.00000196. The van der Waals surface area contributed by atoms with Crippen molar-refractivity contribution < 1.29 is 9.84 Å². The smallest absolute Gasteiger partial charge is 0.0914 e. The maximum Gasteiger partial charge on any atom is 0.0914 e. The molecule has 1 aliphatic heterocycles. The summed E-state index contributed by atoms with van der Waals surface area (Å²) in [6.07, 6.45) is 3.21. The van der Waals surface area contributed by atoms with Gasteiger partial charge in [0.2, 0.25) is 0 Å². The number of benzene rings is 2. The molecule has 26 heavy (non-hydrogen) atoms. The third kappa shape index (κ3) is 4.38. The van der Waals surface area contributed by atoms with E-state index in [2.05, 4.69) is 34.9 Å². The van der Waals surface area contributed by atoms with Crippen molar-refractivity contribution in [3.63, 3.8) is 0 Å². The van der Waals surface area contributed by atoms with Gasteiger partial charge in [0.15, 0.2) is 0 Å². The zero-order valence-corrected chi connectivity index (χ0v) is 15.9. The van der Waals surface area contributed by atoms with Crippen molar-refractivity contribution >= 4 is 23.2 Å². The summed E-state index contributed by atoms with van der Waals surface area (Å²) in [5.41, 5.74) is 0.986. The number of fused-ring (bicyclic) bond motifs is 1. The summed E-state index contributed by atoms with van der Waals surface area (Å²) >= 11 is 0. The molecular weight excluding hydrogens is 348 g/mol. The van der Waals surface area contributed by atoms with Crippen LogP contribution in [0, 0.1) is 5.92 Å². The molecule has 1 saturated heterocycles. The predicted molar refractivity (Wildman–Crippen MR) is 108 cm³/mol. The third-order valence-corrected chi connectivity index (χ3v) is 5.77. The molecule has 0 amide bonds. The predicted octanol–water partition coefficient (Wildman–Crippen LogP) is 3.04. The number of aliphatic hydroxyl groups excluding tert-OH is 1. The fraction of sp³-hybridized carbons (Fsp3) is 0.524. The number of hydrogen-bond acceptors (Lipinski definition) is 4. The lowest BCUT2D eigenvalue weighted by Gasteiger charge is -2.33. The van der Waals surface area contributed by atoms with Crippen LogP contribution in [0.15, 0.2) is 42.5 Å². The number of hydrogen-bond donors (Lipinski definition) is 3. The molecule has 1 saturated carbocycles. The van der Waals surface area contributed by atoms with Crippen molar-refractivity contribution in [2.45, 2.75) is 37.5 Å². The highest BCUT2D eigenvalue weighted by atomic mass is 35.5. The maximum atomic E-state index is 10.6. The summed E-state index contributed by atoms with van der Waals surface area (Å²) in [5.74, 6) is 0.601. The molecule has 4 unspecified atom stereocenters. The molecule has 0 bridgehead atoms. The van der Waals surface area contributed by atoms with Crippen LogP contribution in [0.1, 0.15) is 30.9 Å². The van der Waals surface area contributed by atoms with Crippen LogP contribution in [0.5, 0.6) is 0 Å². The summed E-state index contributed by atoms with van der Waals surface area (Å²) in [4.78, 5) is 0. The number of rotatable bonds is 5. The first-order chi connectivity index (χ1) is 12.3. The Morgan fingerprint density at radius 1 is 1.15 bits per heavy atom. The van der Waals surface area contributed by atoms with Crippen molar-refractivity contribution in [1.82, 2.24) is 10.6 Å². The van der Waals surface area contributed by atoms with E-state index in [1.165, 1.54) is 30.0 Å². The zero-order valence-electron chi connectivity index (χ0n) is 15.1. The standard InChI is InChI=1S/C21H28N2O2.ClH/c24-21(17-9-8-15-4-1-2-5-16(15)12-17)13-23-19-7-3-6-18(19)20-14-25-11-10-22-20;/h1-2,4-5,8-9,12,18-24H,3,6-7,10-11,13-14H2;1H. The molecule has 1 heterocycles. The van der Waals surface area contributed by atoms with Gasteiger partial charge in [-0.3, -0.25) is 0 Å². The van der Waals surface area contributed by atoms with E-state index in [1.807, 2.05) is 18.2 Å². The van der Waals surface area contributed by atoms with Gasteiger partial charge in [0.05, 0.1) is 19.3 Å². The van der Waals surface area contributed by atoms with Crippen molar-refractivity contribution in [2.75, 3.05) is 26.3 Å². The lowest BCUT2D eigenvalue weighted by molar-refractivity contribution is 0.0513. The minimum absolute atomic E-state index is 0. The fourth-order valence-corrected chi connectivity index (χ4v) is 4.38. The zero-order chi connectivity index (χ0) is 17.1. The lowest BCUT2D eigenvalue weighted by atomic mass is 9.93. The van der Waals surface area contributed by atoms with Gasteiger partial charge in [-0.25, -0.2) is 0 Å². The van der Waals surface area contributed by atoms with Crippen LogP contribution in [0.4, 0.5) is 0 Å². The van der Waals surface area contributed by atoms with Gasteiger partial charge in [0.1, 0.15) is 0 Å². The largest absolute Gasteiger partial charge is 0.387 e. The number of morpholine rings is 1. The molecule has 1 aliphatic carbocycles. The van der Waals surface area contributed by atoms with Crippen LogP contribution in [-0.2, 0) is 4.74 Å². The summed E-state index contributed by atoms with van der Waals surface area (Å²) in [6, 6.07) is 15.4. The van der Waals surface area contributed by atoms with E-state index in [0.717, 1.165) is 25.3 Å². The van der Waals surface area contributed by atoms with Crippen LogP contribution in [0.25, 0.3) is 10.8 Å². The van der Waals surface area contributed by atoms with Crippen molar-refractivity contribution in [2.24, 2.45) is 5.92 Å². The van der Waals surface area contributed by atoms with Crippen LogP contribution in [-0.4, -0.2) is 43.5 Å². The minimum atomic E-state index is -0.471. The average molecular weight is 377 g/mol. The first kappa shape index (κ1) is 19.6. The van der Waals surface area contributed by atoms with Gasteiger partial charge in [-0.05, 0) is 41.2 Å². The van der Waals surface area contributed by atoms with Crippen LogP contribution >= 0.6 is 12.4 Å². The summed E-state index contributed by atoms with van der Waals surface area (Å²) in [6.45, 7) is 3.19. The molecular formula is C21H29ClN2O2. The van der Waals surface area contributed by atoms with E-state index in [4.69, 9.17) is 4.74 Å². The second-order valence-electron chi connectivity index (χ2n) is 7.37. The Bertz CT molecular complexity index is 705. The molecule has 2 aliphatic rings. The van der Waals surface area contributed by atoms with E-state index in [0.29, 0.717) is 24.5 Å². The number of aliphatic hydroxyl groups is 1. The molecule has 4 atom stereocenters. The van der Waals surface area contributed by atoms with Gasteiger partial charge in [-0.1, -0.05) is 42.8 Å². The molecule has 0 aromatic heterocycles. The summed E-state index contributed by atoms with van der Waals surface area (Å²) < 4.78 is 5.64. The van der Waals surface area contributed by atoms with Crippen molar-refractivity contribution in [3.05, 3.63) is 48.0 Å². The molecule has 2 fully saturated rings. The average Bonchev–Trinajstić information content (AvgIpc) is 3.15. The number of ether oxygens (including phenoxy) is 1. The summed E-state index contributed by atoms with van der Waals surface area (Å²) in [5, 5.41) is 20.3. The quantitative estimate of drug-likeness (QED) is 0.750. The van der Waals surface area contributed by atoms with Gasteiger partial charge in [0.25, 0.3) is 0 Å².